The van der Waals surface area contributed by atoms with E-state index in [-0.39, 0.29) is 29.1 Å². The van der Waals surface area contributed by atoms with Gasteiger partial charge in [-0.2, -0.15) is 13.2 Å². The highest BCUT2D eigenvalue weighted by Crippen LogP contribution is 2.48. The van der Waals surface area contributed by atoms with E-state index in [0.29, 0.717) is 31.6 Å². The molecule has 0 aromatic heterocycles. The number of rotatable bonds is 7. The SMILES string of the molecule is C=C(C)C(C)(/C(C)=C/C=C/OC(=O)C1CCC(OC(=O)C2(C)/C(C)=C(/C)CC(C)/C(C)=C(/C)C/C(C)=C/2C)CC1)C(F)(F)F. The molecule has 44 heavy (non-hydrogen) atoms. The van der Waals surface area contributed by atoms with Gasteiger partial charge in [0.2, 0.25) is 0 Å². The lowest BCUT2D eigenvalue weighted by atomic mass is 9.70. The summed E-state index contributed by atoms with van der Waals surface area (Å²) in [5.41, 5.74) is 4.16. The minimum atomic E-state index is -4.49. The van der Waals surface area contributed by atoms with Crippen molar-refractivity contribution in [2.24, 2.45) is 22.7 Å². The Kier molecular flexibility index (Phi) is 12.3. The van der Waals surface area contributed by atoms with Gasteiger partial charge in [0, 0.05) is 0 Å². The first-order valence-corrected chi connectivity index (χ1v) is 15.7. The number of hydrogen-bond acceptors (Lipinski definition) is 4. The lowest BCUT2D eigenvalue weighted by Crippen LogP contribution is -2.38. The van der Waals surface area contributed by atoms with Gasteiger partial charge in [-0.05, 0) is 120 Å². The Labute approximate surface area is 263 Å². The van der Waals surface area contributed by atoms with Crippen molar-refractivity contribution in [1.82, 2.24) is 0 Å². The first-order chi connectivity index (χ1) is 20.2. The maximum absolute atomic E-state index is 13.9. The smallest absolute Gasteiger partial charge is 0.401 e. The van der Waals surface area contributed by atoms with Gasteiger partial charge in [0.25, 0.3) is 0 Å². The molecule has 0 aliphatic heterocycles. The molecule has 0 aromatic rings. The highest BCUT2D eigenvalue weighted by atomic mass is 19.4. The summed E-state index contributed by atoms with van der Waals surface area (Å²) in [6.07, 6.45) is 2.72. The lowest BCUT2D eigenvalue weighted by Gasteiger charge is -2.36. The Bertz CT molecular complexity index is 1280. The Morgan fingerprint density at radius 1 is 0.932 bits per heavy atom. The molecule has 7 heteroatoms. The van der Waals surface area contributed by atoms with E-state index >= 15 is 0 Å². The van der Waals surface area contributed by atoms with E-state index in [1.165, 1.54) is 48.3 Å². The first kappa shape index (κ1) is 37.4. The molecule has 0 bridgehead atoms. The number of carbonyl (C=O) groups excluding carboxylic acids is 2. The average molecular weight is 619 g/mol. The molecule has 246 valence electrons. The zero-order valence-electron chi connectivity index (χ0n) is 28.7. The number of esters is 2. The van der Waals surface area contributed by atoms with E-state index < -0.39 is 23.0 Å². The minimum Gasteiger partial charge on any atom is -0.461 e. The molecule has 0 radical (unpaired) electrons. The molecule has 0 spiro atoms. The Morgan fingerprint density at radius 2 is 1.48 bits per heavy atom. The van der Waals surface area contributed by atoms with E-state index in [4.69, 9.17) is 9.47 Å². The van der Waals surface area contributed by atoms with Gasteiger partial charge in [-0.1, -0.05) is 64.2 Å². The van der Waals surface area contributed by atoms with E-state index in [0.717, 1.165) is 37.2 Å². The normalized spacial score (nSPS) is 32.7. The van der Waals surface area contributed by atoms with Gasteiger partial charge < -0.3 is 9.47 Å². The largest absolute Gasteiger partial charge is 0.461 e. The van der Waals surface area contributed by atoms with Crippen molar-refractivity contribution in [2.45, 2.75) is 127 Å². The van der Waals surface area contributed by atoms with E-state index in [1.54, 1.807) is 0 Å². The second kappa shape index (κ2) is 14.5. The van der Waals surface area contributed by atoms with Crippen molar-refractivity contribution in [3.63, 3.8) is 0 Å². The van der Waals surface area contributed by atoms with Crippen LogP contribution in [0.4, 0.5) is 13.2 Å². The number of halogens is 3. The molecule has 3 atom stereocenters. The predicted octanol–water partition coefficient (Wildman–Crippen LogP) is 10.7. The van der Waals surface area contributed by atoms with Crippen LogP contribution in [0.1, 0.15) is 115 Å². The molecule has 0 heterocycles. The van der Waals surface area contributed by atoms with E-state index in [9.17, 15) is 22.8 Å². The quantitative estimate of drug-likeness (QED) is 0.123. The summed E-state index contributed by atoms with van der Waals surface area (Å²) < 4.78 is 52.4. The van der Waals surface area contributed by atoms with Crippen molar-refractivity contribution >= 4 is 11.9 Å². The molecule has 2 rings (SSSR count). The molecule has 4 nitrogen and oxygen atoms in total. The summed E-state index contributed by atoms with van der Waals surface area (Å²) in [7, 11) is 0. The highest BCUT2D eigenvalue weighted by molar-refractivity contribution is 5.84. The molecule has 0 N–H and O–H groups in total. The molecular formula is C37H53F3O4. The second-order valence-electron chi connectivity index (χ2n) is 13.6. The molecule has 2 aliphatic carbocycles. The number of alkyl halides is 3. The monoisotopic (exact) mass is 618 g/mol. The fourth-order valence-corrected chi connectivity index (χ4v) is 6.34. The van der Waals surface area contributed by atoms with Crippen LogP contribution in [-0.4, -0.2) is 24.2 Å². The van der Waals surface area contributed by atoms with E-state index in [2.05, 4.69) is 41.2 Å². The maximum Gasteiger partial charge on any atom is 0.401 e. The standard InChI is InChI=1S/C37H53F3O4/c1-22(2)36(12,37(38,39)40)27(7)14-13-19-43-33(41)31-15-17-32(18-16-31)44-34(42)35(11)29(9)25(5)20-23(3)28(8)24(4)21-26(6)30(35)10/h13-14,19,23,31-32H,1,15-18,20-21H2,2-12H3/b19-13+,27-14+,28-24-,29-25-,30-26+. The number of allylic oxidation sites excluding steroid dienone is 8. The van der Waals surface area contributed by atoms with Gasteiger partial charge in [-0.3, -0.25) is 9.59 Å². The Morgan fingerprint density at radius 3 is 2.00 bits per heavy atom. The van der Waals surface area contributed by atoms with Gasteiger partial charge in [-0.25, -0.2) is 0 Å². The van der Waals surface area contributed by atoms with Crippen LogP contribution in [0, 0.1) is 22.7 Å². The van der Waals surface area contributed by atoms with Gasteiger partial charge in [0.1, 0.15) is 16.9 Å². The van der Waals surface area contributed by atoms with Crippen LogP contribution in [0.3, 0.4) is 0 Å². The van der Waals surface area contributed by atoms with Crippen LogP contribution in [0.15, 0.2) is 69.6 Å². The summed E-state index contributed by atoms with van der Waals surface area (Å²) in [6.45, 7) is 24.2. The molecule has 0 saturated heterocycles. The summed E-state index contributed by atoms with van der Waals surface area (Å²) in [5, 5.41) is 0. The second-order valence-corrected chi connectivity index (χ2v) is 13.6. The number of hydrogen-bond donors (Lipinski definition) is 0. The molecular weight excluding hydrogens is 565 g/mol. The fraction of sp³-hybridized carbons (Fsp3) is 0.622. The van der Waals surface area contributed by atoms with Crippen LogP contribution >= 0.6 is 0 Å². The highest BCUT2D eigenvalue weighted by Gasteiger charge is 2.52. The van der Waals surface area contributed by atoms with Gasteiger partial charge in [-0.15, -0.1) is 0 Å². The summed E-state index contributed by atoms with van der Waals surface area (Å²) in [6, 6.07) is 0. The van der Waals surface area contributed by atoms with Crippen molar-refractivity contribution < 1.29 is 32.2 Å². The molecule has 0 amide bonds. The molecule has 0 aromatic carbocycles. The maximum atomic E-state index is 13.9. The zero-order valence-corrected chi connectivity index (χ0v) is 28.7. The molecule has 1 saturated carbocycles. The van der Waals surface area contributed by atoms with Crippen LogP contribution < -0.4 is 0 Å². The topological polar surface area (TPSA) is 52.6 Å². The third-order valence-corrected chi connectivity index (χ3v) is 10.8. The Hall–Kier alpha value is -2.83. The predicted molar refractivity (Wildman–Crippen MR) is 171 cm³/mol. The molecule has 2 aliphatic rings. The molecule has 3 unspecified atom stereocenters. The van der Waals surface area contributed by atoms with Gasteiger partial charge >= 0.3 is 18.1 Å². The third-order valence-electron chi connectivity index (χ3n) is 10.8. The van der Waals surface area contributed by atoms with Crippen LogP contribution in [0.25, 0.3) is 0 Å². The van der Waals surface area contributed by atoms with Crippen molar-refractivity contribution in [3.05, 3.63) is 69.6 Å². The van der Waals surface area contributed by atoms with Crippen molar-refractivity contribution in [3.8, 4) is 0 Å². The van der Waals surface area contributed by atoms with Gasteiger partial charge in [0.15, 0.2) is 0 Å². The third kappa shape index (κ3) is 7.87. The van der Waals surface area contributed by atoms with Gasteiger partial charge in [0.05, 0.1) is 12.2 Å². The summed E-state index contributed by atoms with van der Waals surface area (Å²) in [5.74, 6) is -0.675. The summed E-state index contributed by atoms with van der Waals surface area (Å²) in [4.78, 5) is 26.6. The zero-order chi connectivity index (χ0) is 33.8. The van der Waals surface area contributed by atoms with Crippen LogP contribution in [-0.2, 0) is 19.1 Å². The Balaban J connectivity index is 2.10. The van der Waals surface area contributed by atoms with Crippen LogP contribution in [0.2, 0.25) is 0 Å². The number of ether oxygens (including phenoxy) is 2. The number of carbonyl (C=O) groups is 2. The van der Waals surface area contributed by atoms with E-state index in [1.807, 2.05) is 20.8 Å². The average Bonchev–Trinajstić information content (AvgIpc) is 2.95. The summed E-state index contributed by atoms with van der Waals surface area (Å²) >= 11 is 0. The lowest BCUT2D eigenvalue weighted by molar-refractivity contribution is -0.190. The van der Waals surface area contributed by atoms with Crippen molar-refractivity contribution in [1.29, 1.82) is 0 Å². The fourth-order valence-electron chi connectivity index (χ4n) is 6.34. The minimum absolute atomic E-state index is 0.0179. The molecule has 1 fully saturated rings. The van der Waals surface area contributed by atoms with Crippen molar-refractivity contribution in [2.75, 3.05) is 0 Å². The first-order valence-electron chi connectivity index (χ1n) is 15.7. The van der Waals surface area contributed by atoms with Crippen LogP contribution in [0.5, 0.6) is 0 Å².